The van der Waals surface area contributed by atoms with Crippen LogP contribution in [-0.4, -0.2) is 47.0 Å². The molecule has 1 saturated heterocycles. The molecule has 1 aliphatic heterocycles. The van der Waals surface area contributed by atoms with Crippen molar-refractivity contribution < 1.29 is 4.79 Å². The summed E-state index contributed by atoms with van der Waals surface area (Å²) in [4.78, 5) is 26.2. The summed E-state index contributed by atoms with van der Waals surface area (Å²) >= 11 is 0. The number of carbonyl (C=O) groups excluding carboxylic acids is 1. The molecule has 1 N–H and O–H groups in total. The van der Waals surface area contributed by atoms with Crippen LogP contribution < -0.4 is 10.2 Å². The normalized spacial score (nSPS) is 13.8. The molecule has 1 aliphatic rings. The van der Waals surface area contributed by atoms with Gasteiger partial charge in [-0.25, -0.2) is 4.98 Å². The van der Waals surface area contributed by atoms with Crippen LogP contribution in [0.1, 0.15) is 28.8 Å². The van der Waals surface area contributed by atoms with E-state index in [0.717, 1.165) is 49.8 Å². The molecule has 1 aromatic heterocycles. The van der Waals surface area contributed by atoms with Gasteiger partial charge in [-0.3, -0.25) is 4.79 Å². The number of nitrogens with zero attached hydrogens (tertiary/aromatic N) is 4. The summed E-state index contributed by atoms with van der Waals surface area (Å²) in [5.41, 5.74) is 5.56. The molecule has 166 valence electrons. The number of carbonyl (C=O) groups is 1. The van der Waals surface area contributed by atoms with Crippen LogP contribution in [-0.2, 0) is 11.2 Å². The fourth-order valence-corrected chi connectivity index (χ4v) is 4.00. The summed E-state index contributed by atoms with van der Waals surface area (Å²) < 4.78 is 0. The quantitative estimate of drug-likeness (QED) is 0.628. The van der Waals surface area contributed by atoms with Crippen molar-refractivity contribution in [2.45, 2.75) is 33.6 Å². The second kappa shape index (κ2) is 9.81. The van der Waals surface area contributed by atoms with Gasteiger partial charge >= 0.3 is 0 Å². The second-order valence-electron chi connectivity index (χ2n) is 8.54. The lowest BCUT2D eigenvalue weighted by Crippen LogP contribution is -2.49. The van der Waals surface area contributed by atoms with Crippen molar-refractivity contribution in [2.75, 3.05) is 36.4 Å². The molecule has 6 nitrogen and oxygen atoms in total. The molecule has 0 unspecified atom stereocenters. The van der Waals surface area contributed by atoms with Crippen molar-refractivity contribution >= 4 is 23.4 Å². The highest BCUT2D eigenvalue weighted by Crippen LogP contribution is 2.20. The van der Waals surface area contributed by atoms with Crippen LogP contribution in [0.2, 0.25) is 0 Å². The SMILES string of the molecule is Cc1ccc(Nc2nc(C)cc(N3CCN(C(=O)CCc4cccc(C)c4)CC3)n2)cc1. The molecule has 0 aliphatic carbocycles. The van der Waals surface area contributed by atoms with Crippen molar-refractivity contribution in [1.82, 2.24) is 14.9 Å². The molecule has 2 heterocycles. The number of rotatable bonds is 6. The van der Waals surface area contributed by atoms with Crippen LogP contribution >= 0.6 is 0 Å². The number of aromatic nitrogens is 2. The third-order valence-electron chi connectivity index (χ3n) is 5.81. The number of amides is 1. The minimum Gasteiger partial charge on any atom is -0.353 e. The number of piperazine rings is 1. The maximum absolute atomic E-state index is 12.7. The molecule has 4 rings (SSSR count). The lowest BCUT2D eigenvalue weighted by atomic mass is 10.1. The lowest BCUT2D eigenvalue weighted by molar-refractivity contribution is -0.131. The van der Waals surface area contributed by atoms with Crippen LogP contribution in [0.3, 0.4) is 0 Å². The first kappa shape index (κ1) is 21.8. The first-order chi connectivity index (χ1) is 15.5. The van der Waals surface area contributed by atoms with Gasteiger partial charge in [0.25, 0.3) is 0 Å². The van der Waals surface area contributed by atoms with Gasteiger partial charge < -0.3 is 15.1 Å². The molecule has 6 heteroatoms. The predicted octanol–water partition coefficient (Wildman–Crippen LogP) is 4.43. The summed E-state index contributed by atoms with van der Waals surface area (Å²) in [6.45, 7) is 9.12. The highest BCUT2D eigenvalue weighted by atomic mass is 16.2. The lowest BCUT2D eigenvalue weighted by Gasteiger charge is -2.35. The van der Waals surface area contributed by atoms with Crippen molar-refractivity contribution in [3.63, 3.8) is 0 Å². The summed E-state index contributed by atoms with van der Waals surface area (Å²) in [6.07, 6.45) is 1.35. The number of anilines is 3. The third-order valence-corrected chi connectivity index (χ3v) is 5.81. The van der Waals surface area contributed by atoms with E-state index in [1.165, 1.54) is 16.7 Å². The van der Waals surface area contributed by atoms with E-state index in [0.29, 0.717) is 12.4 Å². The van der Waals surface area contributed by atoms with Crippen LogP contribution in [0.25, 0.3) is 0 Å². The van der Waals surface area contributed by atoms with E-state index in [2.05, 4.69) is 65.4 Å². The maximum atomic E-state index is 12.7. The van der Waals surface area contributed by atoms with E-state index in [4.69, 9.17) is 4.98 Å². The Bertz CT molecular complexity index is 1070. The molecule has 3 aromatic rings. The van der Waals surface area contributed by atoms with E-state index < -0.39 is 0 Å². The second-order valence-corrected chi connectivity index (χ2v) is 8.54. The molecular formula is C26H31N5O. The van der Waals surface area contributed by atoms with Gasteiger partial charge in [-0.15, -0.1) is 0 Å². The number of nitrogens with one attached hydrogen (secondary N) is 1. The van der Waals surface area contributed by atoms with Gasteiger partial charge in [-0.2, -0.15) is 4.98 Å². The van der Waals surface area contributed by atoms with Gasteiger partial charge in [-0.05, 0) is 44.9 Å². The van der Waals surface area contributed by atoms with Gasteiger partial charge in [-0.1, -0.05) is 47.5 Å². The molecule has 1 fully saturated rings. The highest BCUT2D eigenvalue weighted by Gasteiger charge is 2.22. The Labute approximate surface area is 190 Å². The van der Waals surface area contributed by atoms with Gasteiger partial charge in [0.05, 0.1) is 0 Å². The molecule has 32 heavy (non-hydrogen) atoms. The highest BCUT2D eigenvalue weighted by molar-refractivity contribution is 5.76. The van der Waals surface area contributed by atoms with Crippen LogP contribution in [0.15, 0.2) is 54.6 Å². The minimum atomic E-state index is 0.228. The maximum Gasteiger partial charge on any atom is 0.229 e. The number of aryl methyl sites for hydroxylation is 4. The first-order valence-electron chi connectivity index (χ1n) is 11.2. The Morgan fingerprint density at radius 2 is 1.66 bits per heavy atom. The minimum absolute atomic E-state index is 0.228. The zero-order valence-corrected chi connectivity index (χ0v) is 19.1. The van der Waals surface area contributed by atoms with Crippen LogP contribution in [0, 0.1) is 20.8 Å². The Morgan fingerprint density at radius 1 is 0.906 bits per heavy atom. The fraction of sp³-hybridized carbons (Fsp3) is 0.346. The van der Waals surface area contributed by atoms with Gasteiger partial charge in [0, 0.05) is 50.0 Å². The zero-order chi connectivity index (χ0) is 22.5. The number of hydrogen-bond acceptors (Lipinski definition) is 5. The first-order valence-corrected chi connectivity index (χ1v) is 11.2. The Hall–Kier alpha value is -3.41. The molecule has 0 saturated carbocycles. The molecule has 0 spiro atoms. The van der Waals surface area contributed by atoms with E-state index in [-0.39, 0.29) is 5.91 Å². The Kier molecular flexibility index (Phi) is 6.69. The van der Waals surface area contributed by atoms with E-state index in [1.54, 1.807) is 0 Å². The van der Waals surface area contributed by atoms with E-state index in [1.807, 2.05) is 30.0 Å². The van der Waals surface area contributed by atoms with E-state index in [9.17, 15) is 4.79 Å². The molecule has 0 radical (unpaired) electrons. The average molecular weight is 430 g/mol. The Balaban J connectivity index is 1.33. The third kappa shape index (κ3) is 5.63. The standard InChI is InChI=1S/C26H31N5O/c1-19-7-10-23(11-8-19)28-26-27-21(3)18-24(29-26)30-13-15-31(16-14-30)25(32)12-9-22-6-4-5-20(2)17-22/h4-8,10-11,17-18H,9,12-16H2,1-3H3,(H,27,28,29). The predicted molar refractivity (Wildman–Crippen MR) is 130 cm³/mol. The smallest absolute Gasteiger partial charge is 0.229 e. The largest absolute Gasteiger partial charge is 0.353 e. The molecule has 0 bridgehead atoms. The molecule has 1 amide bonds. The van der Waals surface area contributed by atoms with Crippen LogP contribution in [0.4, 0.5) is 17.5 Å². The topological polar surface area (TPSA) is 61.4 Å². The summed E-state index contributed by atoms with van der Waals surface area (Å²) in [7, 11) is 0. The summed E-state index contributed by atoms with van der Waals surface area (Å²) in [5, 5.41) is 3.30. The molecule has 0 atom stereocenters. The van der Waals surface area contributed by atoms with Crippen LogP contribution in [0.5, 0.6) is 0 Å². The molecule has 2 aromatic carbocycles. The van der Waals surface area contributed by atoms with Gasteiger partial charge in [0.2, 0.25) is 11.9 Å². The summed E-state index contributed by atoms with van der Waals surface area (Å²) in [6, 6.07) is 18.6. The number of benzene rings is 2. The molecular weight excluding hydrogens is 398 g/mol. The van der Waals surface area contributed by atoms with Crippen molar-refractivity contribution in [3.05, 3.63) is 77.0 Å². The van der Waals surface area contributed by atoms with E-state index >= 15 is 0 Å². The number of hydrogen-bond donors (Lipinski definition) is 1. The average Bonchev–Trinajstić information content (AvgIpc) is 2.79. The van der Waals surface area contributed by atoms with Gasteiger partial charge in [0.15, 0.2) is 0 Å². The van der Waals surface area contributed by atoms with Gasteiger partial charge in [0.1, 0.15) is 5.82 Å². The zero-order valence-electron chi connectivity index (χ0n) is 19.1. The Morgan fingerprint density at radius 3 is 2.38 bits per heavy atom. The fourth-order valence-electron chi connectivity index (χ4n) is 4.00. The van der Waals surface area contributed by atoms with Crippen molar-refractivity contribution in [3.8, 4) is 0 Å². The summed E-state index contributed by atoms with van der Waals surface area (Å²) in [5.74, 6) is 1.73. The van der Waals surface area contributed by atoms with Crippen molar-refractivity contribution in [2.24, 2.45) is 0 Å². The van der Waals surface area contributed by atoms with Crippen molar-refractivity contribution in [1.29, 1.82) is 0 Å². The monoisotopic (exact) mass is 429 g/mol.